The van der Waals surface area contributed by atoms with Crippen LogP contribution in [0.15, 0.2) is 108 Å². The summed E-state index contributed by atoms with van der Waals surface area (Å²) < 4.78 is 16.9. The topological polar surface area (TPSA) is 136 Å². The van der Waals surface area contributed by atoms with Crippen LogP contribution in [0.3, 0.4) is 0 Å². The van der Waals surface area contributed by atoms with Gasteiger partial charge in [0.25, 0.3) is 0 Å². The fourth-order valence-electron chi connectivity index (χ4n) is 5.16. The number of allylic oxidation sites excluding steroid dienone is 3. The van der Waals surface area contributed by atoms with Crippen LogP contribution in [-0.2, 0) is 29.3 Å². The Morgan fingerprint density at radius 3 is 2.00 bits per heavy atom. The molecule has 9 nitrogen and oxygen atoms in total. The van der Waals surface area contributed by atoms with E-state index in [1.54, 1.807) is 48.5 Å². The van der Waals surface area contributed by atoms with Crippen molar-refractivity contribution in [2.75, 3.05) is 0 Å². The molecular weight excluding hydrogens is 576 g/mol. The lowest BCUT2D eigenvalue weighted by atomic mass is 9.71. The highest BCUT2D eigenvalue weighted by molar-refractivity contribution is 6.13. The normalized spacial score (nSPS) is 17.0. The number of ether oxygens (including phenoxy) is 3. The summed E-state index contributed by atoms with van der Waals surface area (Å²) in [4.78, 5) is 52.6. The van der Waals surface area contributed by atoms with Crippen molar-refractivity contribution in [1.29, 1.82) is 0 Å². The van der Waals surface area contributed by atoms with E-state index >= 15 is 0 Å². The van der Waals surface area contributed by atoms with E-state index in [1.165, 1.54) is 39.0 Å². The molecule has 3 aromatic rings. The van der Waals surface area contributed by atoms with E-state index in [4.69, 9.17) is 14.2 Å². The van der Waals surface area contributed by atoms with Gasteiger partial charge in [-0.2, -0.15) is 0 Å². The van der Waals surface area contributed by atoms with Crippen molar-refractivity contribution in [3.05, 3.63) is 136 Å². The molecule has 0 radical (unpaired) electrons. The van der Waals surface area contributed by atoms with Crippen molar-refractivity contribution >= 4 is 35.7 Å². The molecule has 0 aromatic heterocycles. The van der Waals surface area contributed by atoms with Gasteiger partial charge < -0.3 is 24.4 Å². The number of benzene rings is 3. The van der Waals surface area contributed by atoms with E-state index in [-0.39, 0.29) is 39.5 Å². The first-order chi connectivity index (χ1) is 21.4. The number of fused-ring (bicyclic) bond motifs is 3. The average Bonchev–Trinajstić information content (AvgIpc) is 3.31. The molecule has 1 aliphatic carbocycles. The highest BCUT2D eigenvalue weighted by Gasteiger charge is 2.56. The molecule has 226 valence electrons. The Balaban J connectivity index is 1.57. The van der Waals surface area contributed by atoms with Crippen LogP contribution >= 0.6 is 0 Å². The minimum absolute atomic E-state index is 0.0390. The summed E-state index contributed by atoms with van der Waals surface area (Å²) in [6, 6.07) is 17.9. The molecule has 2 aliphatic rings. The summed E-state index contributed by atoms with van der Waals surface area (Å²) in [6.45, 7) is 7.81. The number of aromatic hydroxyl groups is 2. The Kier molecular flexibility index (Phi) is 8.11. The summed E-state index contributed by atoms with van der Waals surface area (Å²) in [5.74, 6) is -5.12. The van der Waals surface area contributed by atoms with Crippen LogP contribution < -0.4 is 4.74 Å². The Labute approximate surface area is 258 Å². The molecule has 0 unspecified atom stereocenters. The number of hydrogen-bond acceptors (Lipinski definition) is 9. The number of rotatable bonds is 8. The van der Waals surface area contributed by atoms with E-state index in [9.17, 15) is 29.4 Å². The number of carbonyl (C=O) groups is 4. The van der Waals surface area contributed by atoms with E-state index in [1.807, 2.05) is 12.1 Å². The molecule has 45 heavy (non-hydrogen) atoms. The van der Waals surface area contributed by atoms with E-state index in [2.05, 4.69) is 6.58 Å². The second kappa shape index (κ2) is 12.0. The van der Waals surface area contributed by atoms with Crippen LogP contribution in [0.4, 0.5) is 0 Å². The van der Waals surface area contributed by atoms with Crippen LogP contribution in [-0.4, -0.2) is 33.7 Å². The van der Waals surface area contributed by atoms with Gasteiger partial charge in [-0.05, 0) is 44.1 Å². The monoisotopic (exact) mass is 604 g/mol. The van der Waals surface area contributed by atoms with Gasteiger partial charge in [-0.1, -0.05) is 67.2 Å². The zero-order valence-electron chi connectivity index (χ0n) is 24.6. The summed E-state index contributed by atoms with van der Waals surface area (Å²) in [5.41, 5.74) is -1.04. The fourth-order valence-corrected chi connectivity index (χ4v) is 5.16. The lowest BCUT2D eigenvalue weighted by molar-refractivity contribution is -0.133. The van der Waals surface area contributed by atoms with Crippen molar-refractivity contribution in [3.63, 3.8) is 0 Å². The van der Waals surface area contributed by atoms with Crippen LogP contribution in [0.2, 0.25) is 0 Å². The Hall–Kier alpha value is -5.96. The molecule has 0 spiro atoms. The van der Waals surface area contributed by atoms with Crippen LogP contribution in [0.5, 0.6) is 17.2 Å². The van der Waals surface area contributed by atoms with E-state index < -0.39 is 46.2 Å². The summed E-state index contributed by atoms with van der Waals surface area (Å²) >= 11 is 0. The van der Waals surface area contributed by atoms with Crippen molar-refractivity contribution in [1.82, 2.24) is 0 Å². The maximum atomic E-state index is 14.4. The number of hydrogen-bond donors (Lipinski definition) is 2. The van der Waals surface area contributed by atoms with Gasteiger partial charge in [0.05, 0.1) is 5.56 Å². The third-order valence-electron chi connectivity index (χ3n) is 7.52. The molecule has 0 bridgehead atoms. The zero-order chi connectivity index (χ0) is 32.5. The maximum absolute atomic E-state index is 14.4. The molecule has 1 heterocycles. The maximum Gasteiger partial charge on any atom is 0.336 e. The highest BCUT2D eigenvalue weighted by atomic mass is 16.6. The first-order valence-corrected chi connectivity index (χ1v) is 13.8. The van der Waals surface area contributed by atoms with Gasteiger partial charge in [-0.25, -0.2) is 9.59 Å². The first kappa shape index (κ1) is 30.5. The van der Waals surface area contributed by atoms with E-state index in [0.717, 1.165) is 23.3 Å². The molecule has 1 aliphatic heterocycles. The summed E-state index contributed by atoms with van der Waals surface area (Å²) in [7, 11) is 0. The van der Waals surface area contributed by atoms with Gasteiger partial charge >= 0.3 is 11.9 Å². The third kappa shape index (κ3) is 5.59. The number of carbonyl (C=O) groups excluding carboxylic acids is 4. The molecule has 0 saturated carbocycles. The first-order valence-electron chi connectivity index (χ1n) is 13.8. The van der Waals surface area contributed by atoms with Gasteiger partial charge in [0.2, 0.25) is 0 Å². The molecule has 1 atom stereocenters. The number of esters is 2. The van der Waals surface area contributed by atoms with Gasteiger partial charge in [0.15, 0.2) is 11.6 Å². The summed E-state index contributed by atoms with van der Waals surface area (Å²) in [5, 5.41) is 21.8. The van der Waals surface area contributed by atoms with Gasteiger partial charge in [-0.3, -0.25) is 9.59 Å². The predicted octanol–water partition coefficient (Wildman–Crippen LogP) is 6.01. The second-order valence-electron chi connectivity index (χ2n) is 10.5. The lowest BCUT2D eigenvalue weighted by Gasteiger charge is -2.30. The Morgan fingerprint density at radius 2 is 1.44 bits per heavy atom. The minimum atomic E-state index is -1.78. The highest BCUT2D eigenvalue weighted by Crippen LogP contribution is 2.58. The quantitative estimate of drug-likeness (QED) is 0.137. The largest absolute Gasteiger partial charge is 0.507 e. The van der Waals surface area contributed by atoms with Crippen molar-refractivity contribution in [3.8, 4) is 17.2 Å². The smallest absolute Gasteiger partial charge is 0.336 e. The van der Waals surface area contributed by atoms with E-state index in [0.29, 0.717) is 0 Å². The van der Waals surface area contributed by atoms with Crippen LogP contribution in [0, 0.1) is 6.92 Å². The SMILES string of the molecule is C=C(OC(=O)/C=C/c1ccccc1)C1=C(OC(=O)/C=C/c2ccccc2)C=C2Oc3c(C(C)=O)c(O)c(C)c(O)c3[C@@]2(C)C1=O. The number of phenols is 2. The van der Waals surface area contributed by atoms with Crippen molar-refractivity contribution in [2.24, 2.45) is 0 Å². The molecular formula is C36H28O9. The van der Waals surface area contributed by atoms with Gasteiger partial charge in [-0.15, -0.1) is 0 Å². The summed E-state index contributed by atoms with van der Waals surface area (Å²) in [6.07, 6.45) is 6.56. The minimum Gasteiger partial charge on any atom is -0.507 e. The standard InChI is InChI=1S/C36H28O9/c1-20-32(40)29(21(2)37)34-31(33(20)41)36(4)26(45-34)19-25(44-28(39)18-16-24-13-9-6-10-14-24)30(35(36)42)22(3)43-27(38)17-15-23-11-7-5-8-12-23/h5-19,40-41H,3H2,1-2,4H3/b17-15+,18-16+/t36-/m0/s1. The predicted molar refractivity (Wildman–Crippen MR) is 165 cm³/mol. The van der Waals surface area contributed by atoms with Crippen LogP contribution in [0.25, 0.3) is 12.2 Å². The van der Waals surface area contributed by atoms with Gasteiger partial charge in [0.1, 0.15) is 51.1 Å². The Bertz CT molecular complexity index is 1890. The molecule has 9 heteroatoms. The number of phenolic OH excluding ortho intramolecular Hbond substituents is 2. The molecule has 0 fully saturated rings. The molecule has 5 rings (SSSR count). The Morgan fingerprint density at radius 1 is 0.889 bits per heavy atom. The fraction of sp³-hybridized carbons (Fsp3) is 0.111. The molecule has 3 aromatic carbocycles. The van der Waals surface area contributed by atoms with Crippen molar-refractivity contribution < 1.29 is 43.6 Å². The molecule has 0 amide bonds. The molecule has 2 N–H and O–H groups in total. The average molecular weight is 605 g/mol. The van der Waals surface area contributed by atoms with Crippen LogP contribution in [0.1, 0.15) is 46.5 Å². The number of Topliss-reactive ketones (excluding diaryl/α,β-unsaturated/α-hetero) is 2. The molecule has 0 saturated heterocycles. The van der Waals surface area contributed by atoms with Gasteiger partial charge in [0, 0.05) is 23.8 Å². The zero-order valence-corrected chi connectivity index (χ0v) is 24.6. The lowest BCUT2D eigenvalue weighted by Crippen LogP contribution is -2.38. The number of ketones is 2. The second-order valence-corrected chi connectivity index (χ2v) is 10.5. The van der Waals surface area contributed by atoms with Crippen molar-refractivity contribution in [2.45, 2.75) is 26.2 Å². The third-order valence-corrected chi connectivity index (χ3v) is 7.52.